The van der Waals surface area contributed by atoms with Crippen LogP contribution in [0.1, 0.15) is 66.2 Å². The van der Waals surface area contributed by atoms with E-state index in [4.69, 9.17) is 29.8 Å². The SMILES string of the molecule is CC(C)(CCC(O)CCC(O)CCC(C)(C)COP(N)(=O)O)COP(N)(=O)O. The maximum atomic E-state index is 11.0. The molecule has 0 saturated carbocycles. The molecule has 0 rings (SSSR count). The van der Waals surface area contributed by atoms with Gasteiger partial charge in [-0.15, -0.1) is 0 Å². The maximum absolute atomic E-state index is 11.0. The van der Waals surface area contributed by atoms with Crippen molar-refractivity contribution in [2.75, 3.05) is 13.2 Å². The molecule has 28 heavy (non-hydrogen) atoms. The molecule has 0 aromatic heterocycles. The summed E-state index contributed by atoms with van der Waals surface area (Å²) in [5.74, 6) is 0. The summed E-state index contributed by atoms with van der Waals surface area (Å²) in [7, 11) is -8.02. The van der Waals surface area contributed by atoms with Crippen molar-refractivity contribution < 1.29 is 38.2 Å². The largest absolute Gasteiger partial charge is 0.400 e. The molecule has 4 atom stereocenters. The van der Waals surface area contributed by atoms with Crippen LogP contribution in [0.4, 0.5) is 0 Å². The van der Waals surface area contributed by atoms with E-state index in [0.29, 0.717) is 38.5 Å². The fraction of sp³-hybridized carbons (Fsp3) is 1.00. The van der Waals surface area contributed by atoms with Gasteiger partial charge in [0.25, 0.3) is 0 Å². The lowest BCUT2D eigenvalue weighted by Gasteiger charge is -2.27. The van der Waals surface area contributed by atoms with Crippen molar-refractivity contribution in [3.63, 3.8) is 0 Å². The Labute approximate surface area is 167 Å². The molecule has 0 saturated heterocycles. The van der Waals surface area contributed by atoms with Crippen LogP contribution in [0.2, 0.25) is 0 Å². The summed E-state index contributed by atoms with van der Waals surface area (Å²) in [6.07, 6.45) is 1.67. The summed E-state index contributed by atoms with van der Waals surface area (Å²) < 4.78 is 31.5. The summed E-state index contributed by atoms with van der Waals surface area (Å²) in [5.41, 5.74) is 9.06. The average Bonchev–Trinajstić information content (AvgIpc) is 2.52. The lowest BCUT2D eigenvalue weighted by molar-refractivity contribution is 0.0743. The van der Waals surface area contributed by atoms with Crippen molar-refractivity contribution in [1.82, 2.24) is 0 Å². The molecule has 0 spiro atoms. The van der Waals surface area contributed by atoms with E-state index in [1.807, 2.05) is 27.7 Å². The van der Waals surface area contributed by atoms with Crippen LogP contribution in [0, 0.1) is 10.8 Å². The molecule has 0 heterocycles. The molecule has 8 N–H and O–H groups in total. The standard InChI is InChI=1S/C16H38N2O8P2/c1-15(2,11-25-27(17,21)22)9-7-13(19)5-6-14(20)8-10-16(3,4)12-26-28(18,23)24/h13-14,19-20H,5-12H2,1-4H3,(H3,17,21,22)(H3,18,23,24). The first-order valence-electron chi connectivity index (χ1n) is 9.29. The molecule has 10 nitrogen and oxygen atoms in total. The van der Waals surface area contributed by atoms with Crippen LogP contribution in [0.25, 0.3) is 0 Å². The van der Waals surface area contributed by atoms with Crippen molar-refractivity contribution in [2.45, 2.75) is 78.4 Å². The second-order valence-electron chi connectivity index (χ2n) is 8.97. The highest BCUT2D eigenvalue weighted by Gasteiger charge is 2.26. The van der Waals surface area contributed by atoms with E-state index in [9.17, 15) is 19.3 Å². The van der Waals surface area contributed by atoms with E-state index in [1.165, 1.54) is 0 Å². The molecular weight excluding hydrogens is 410 g/mol. The Morgan fingerprint density at radius 3 is 1.29 bits per heavy atom. The molecule has 0 amide bonds. The summed E-state index contributed by atoms with van der Waals surface area (Å²) in [6, 6.07) is 0. The molecule has 0 aromatic carbocycles. The predicted molar refractivity (Wildman–Crippen MR) is 107 cm³/mol. The van der Waals surface area contributed by atoms with Crippen molar-refractivity contribution in [2.24, 2.45) is 21.8 Å². The molecule has 0 bridgehead atoms. The first kappa shape index (κ1) is 28.1. The Hall–Kier alpha value is 0.140. The second-order valence-corrected chi connectivity index (χ2v) is 11.7. The van der Waals surface area contributed by atoms with Crippen LogP contribution in [0.5, 0.6) is 0 Å². The molecule has 0 aliphatic carbocycles. The van der Waals surface area contributed by atoms with Gasteiger partial charge in [-0.25, -0.2) is 20.1 Å². The molecule has 0 aliphatic heterocycles. The molecule has 170 valence electrons. The van der Waals surface area contributed by atoms with Gasteiger partial charge in [-0.1, -0.05) is 27.7 Å². The minimum Gasteiger partial charge on any atom is -0.393 e. The van der Waals surface area contributed by atoms with Crippen LogP contribution in [0.3, 0.4) is 0 Å². The van der Waals surface area contributed by atoms with E-state index in [2.05, 4.69) is 0 Å². The summed E-state index contributed by atoms with van der Waals surface area (Å²) in [6.45, 7) is 7.41. The van der Waals surface area contributed by atoms with Gasteiger partial charge in [0.1, 0.15) is 0 Å². The van der Waals surface area contributed by atoms with E-state index in [1.54, 1.807) is 0 Å². The van der Waals surface area contributed by atoms with Crippen molar-refractivity contribution >= 4 is 15.5 Å². The van der Waals surface area contributed by atoms with Crippen LogP contribution in [-0.2, 0) is 18.2 Å². The third-order valence-electron chi connectivity index (χ3n) is 4.42. The number of rotatable bonds is 15. The average molecular weight is 448 g/mol. The summed E-state index contributed by atoms with van der Waals surface area (Å²) >= 11 is 0. The van der Waals surface area contributed by atoms with Crippen LogP contribution < -0.4 is 11.0 Å². The van der Waals surface area contributed by atoms with Crippen molar-refractivity contribution in [3.05, 3.63) is 0 Å². The van der Waals surface area contributed by atoms with Gasteiger partial charge in [0.15, 0.2) is 0 Å². The van der Waals surface area contributed by atoms with E-state index in [0.717, 1.165) is 0 Å². The Kier molecular flexibility index (Phi) is 11.6. The lowest BCUT2D eigenvalue weighted by atomic mass is 9.85. The molecule has 0 aliphatic rings. The third kappa shape index (κ3) is 17.0. The minimum absolute atomic E-state index is 0.00729. The summed E-state index contributed by atoms with van der Waals surface area (Å²) in [4.78, 5) is 18.0. The number of aliphatic hydroxyl groups excluding tert-OH is 2. The first-order chi connectivity index (χ1) is 12.4. The molecule has 4 unspecified atom stereocenters. The Morgan fingerprint density at radius 1 is 0.750 bits per heavy atom. The Balaban J connectivity index is 4.12. The van der Waals surface area contributed by atoms with Crippen LogP contribution in [-0.4, -0.2) is 45.4 Å². The molecule has 0 aromatic rings. The van der Waals surface area contributed by atoms with E-state index in [-0.39, 0.29) is 13.2 Å². The minimum atomic E-state index is -4.01. The first-order valence-corrected chi connectivity index (χ1v) is 12.6. The van der Waals surface area contributed by atoms with E-state index >= 15 is 0 Å². The van der Waals surface area contributed by atoms with Crippen LogP contribution >= 0.6 is 15.5 Å². The normalized spacial score (nSPS) is 19.6. The zero-order valence-electron chi connectivity index (χ0n) is 17.3. The zero-order chi connectivity index (χ0) is 22.2. The molecule has 0 radical (unpaired) electrons. The highest BCUT2D eigenvalue weighted by atomic mass is 31.2. The van der Waals surface area contributed by atoms with Gasteiger partial charge >= 0.3 is 15.5 Å². The zero-order valence-corrected chi connectivity index (χ0v) is 19.1. The smallest absolute Gasteiger partial charge is 0.393 e. The molecule has 0 fully saturated rings. The highest BCUT2D eigenvalue weighted by Crippen LogP contribution is 2.37. The van der Waals surface area contributed by atoms with Gasteiger partial charge < -0.3 is 20.0 Å². The third-order valence-corrected chi connectivity index (χ3v) is 5.42. The topological polar surface area (TPSA) is 186 Å². The van der Waals surface area contributed by atoms with Crippen molar-refractivity contribution in [3.8, 4) is 0 Å². The van der Waals surface area contributed by atoms with E-state index < -0.39 is 38.5 Å². The molecular formula is C16H38N2O8P2. The monoisotopic (exact) mass is 448 g/mol. The van der Waals surface area contributed by atoms with Gasteiger partial charge in [-0.2, -0.15) is 0 Å². The number of hydrogen-bond acceptors (Lipinski definition) is 6. The fourth-order valence-corrected chi connectivity index (χ4v) is 3.54. The number of nitrogens with two attached hydrogens (primary N) is 2. The lowest BCUT2D eigenvalue weighted by Crippen LogP contribution is -2.24. The second kappa shape index (κ2) is 11.5. The quantitative estimate of drug-likeness (QED) is 0.203. The highest BCUT2D eigenvalue weighted by molar-refractivity contribution is 7.50. The Morgan fingerprint density at radius 2 is 1.04 bits per heavy atom. The molecule has 12 heteroatoms. The maximum Gasteiger partial charge on any atom is 0.400 e. The van der Waals surface area contributed by atoms with Gasteiger partial charge in [0.05, 0.1) is 25.4 Å². The number of aliphatic hydroxyl groups is 2. The van der Waals surface area contributed by atoms with Gasteiger partial charge in [0, 0.05) is 0 Å². The summed E-state index contributed by atoms with van der Waals surface area (Å²) in [5, 5.41) is 20.2. The fourth-order valence-electron chi connectivity index (χ4n) is 2.47. The van der Waals surface area contributed by atoms with Crippen molar-refractivity contribution in [1.29, 1.82) is 0 Å². The van der Waals surface area contributed by atoms with Crippen LogP contribution in [0.15, 0.2) is 0 Å². The van der Waals surface area contributed by atoms with Gasteiger partial charge in [-0.3, -0.25) is 9.05 Å². The Bertz CT molecular complexity index is 499. The van der Waals surface area contributed by atoms with Gasteiger partial charge in [0.2, 0.25) is 0 Å². The predicted octanol–water partition coefficient (Wildman–Crippen LogP) is 2.25. The number of hydrogen-bond donors (Lipinski definition) is 6. The van der Waals surface area contributed by atoms with Gasteiger partial charge in [-0.05, 0) is 49.4 Å².